The van der Waals surface area contributed by atoms with Gasteiger partial charge in [0.05, 0.1) is 33.6 Å². The summed E-state index contributed by atoms with van der Waals surface area (Å²) in [6.45, 7) is 0. The molecule has 0 radical (unpaired) electrons. The van der Waals surface area contributed by atoms with Gasteiger partial charge in [-0.25, -0.2) is 15.0 Å². The lowest BCUT2D eigenvalue weighted by atomic mass is 9.97. The van der Waals surface area contributed by atoms with Gasteiger partial charge in [-0.15, -0.1) is 0 Å². The zero-order valence-corrected chi connectivity index (χ0v) is 34.5. The summed E-state index contributed by atoms with van der Waals surface area (Å²) in [6, 6.07) is 76.5. The van der Waals surface area contributed by atoms with E-state index in [0.29, 0.717) is 5.82 Å². The van der Waals surface area contributed by atoms with Crippen molar-refractivity contribution in [2.75, 3.05) is 0 Å². The Bertz CT molecular complexity index is 3930. The van der Waals surface area contributed by atoms with Crippen LogP contribution in [0.4, 0.5) is 0 Å². The molecule has 0 aliphatic heterocycles. The quantitative estimate of drug-likeness (QED) is 0.157. The molecule has 0 N–H and O–H groups in total. The maximum Gasteiger partial charge on any atom is 0.160 e. The van der Waals surface area contributed by atoms with Crippen molar-refractivity contribution in [3.05, 3.63) is 218 Å². The zero-order valence-electron chi connectivity index (χ0n) is 34.5. The predicted octanol–water partition coefficient (Wildman–Crippen LogP) is 15.5. The van der Waals surface area contributed by atoms with E-state index < -0.39 is 0 Å². The second kappa shape index (κ2) is 14.5. The number of nitrogens with zero attached hydrogens (tertiary/aromatic N) is 4. The molecule has 0 amide bonds. The highest BCUT2D eigenvalue weighted by Gasteiger charge is 2.20. The van der Waals surface area contributed by atoms with E-state index in [9.17, 15) is 0 Å². The van der Waals surface area contributed by atoms with Crippen LogP contribution in [0.1, 0.15) is 0 Å². The summed E-state index contributed by atoms with van der Waals surface area (Å²) in [6.07, 6.45) is 0. The zero-order chi connectivity index (χ0) is 42.1. The van der Waals surface area contributed by atoms with E-state index in [1.807, 2.05) is 18.2 Å². The topological polar surface area (TPSA) is 56.7 Å². The van der Waals surface area contributed by atoms with E-state index in [2.05, 4.69) is 205 Å². The van der Waals surface area contributed by atoms with Crippen LogP contribution in [0.5, 0.6) is 0 Å². The van der Waals surface area contributed by atoms with Gasteiger partial charge in [-0.2, -0.15) is 0 Å². The lowest BCUT2D eigenvalue weighted by Gasteiger charge is -2.11. The van der Waals surface area contributed by atoms with E-state index in [4.69, 9.17) is 19.4 Å². The largest absolute Gasteiger partial charge is 0.455 e. The van der Waals surface area contributed by atoms with Crippen molar-refractivity contribution < 1.29 is 4.42 Å². The molecule has 5 heteroatoms. The first-order chi connectivity index (χ1) is 31.7. The van der Waals surface area contributed by atoms with Crippen molar-refractivity contribution in [2.24, 2.45) is 0 Å². The van der Waals surface area contributed by atoms with E-state index in [0.717, 1.165) is 116 Å². The fraction of sp³-hybridized carbons (Fsp3) is 0. The van der Waals surface area contributed by atoms with E-state index in [1.165, 1.54) is 5.39 Å². The van der Waals surface area contributed by atoms with Gasteiger partial charge in [0.25, 0.3) is 0 Å². The second-order valence-corrected chi connectivity index (χ2v) is 16.3. The van der Waals surface area contributed by atoms with Crippen LogP contribution in [-0.2, 0) is 0 Å². The van der Waals surface area contributed by atoms with Crippen LogP contribution < -0.4 is 0 Å². The van der Waals surface area contributed by atoms with Crippen molar-refractivity contribution in [3.63, 3.8) is 0 Å². The third-order valence-corrected chi connectivity index (χ3v) is 12.6. The first-order valence-electron chi connectivity index (χ1n) is 21.6. The fourth-order valence-corrected chi connectivity index (χ4v) is 9.60. The smallest absolute Gasteiger partial charge is 0.160 e. The van der Waals surface area contributed by atoms with Gasteiger partial charge in [-0.1, -0.05) is 164 Å². The molecule has 0 aliphatic rings. The molecule has 0 aliphatic carbocycles. The number of para-hydroxylation sites is 4. The summed E-state index contributed by atoms with van der Waals surface area (Å²) in [5.41, 5.74) is 14.9. The van der Waals surface area contributed by atoms with Crippen molar-refractivity contribution in [3.8, 4) is 62.0 Å². The van der Waals surface area contributed by atoms with Crippen LogP contribution in [0.3, 0.4) is 0 Å². The molecule has 0 bridgehead atoms. The van der Waals surface area contributed by atoms with Crippen LogP contribution in [0.25, 0.3) is 127 Å². The SMILES string of the molecule is c1ccc(-c2cc(-c3ccc(-c4cccc5c4oc4c5ccc5c(-c6ccccc6)nc6ccccc6c54)cc3)nc(-c3ccc4c(c3)c3ccccc3n4-c3ccccc3)n2)cc1. The molecule has 0 fully saturated rings. The molecular formula is C59H36N4O. The summed E-state index contributed by atoms with van der Waals surface area (Å²) in [7, 11) is 0. The Balaban J connectivity index is 0.937. The molecule has 4 aromatic heterocycles. The van der Waals surface area contributed by atoms with Gasteiger partial charge in [-0.3, -0.25) is 0 Å². The number of pyridine rings is 1. The van der Waals surface area contributed by atoms with E-state index in [-0.39, 0.29) is 0 Å². The Hall–Kier alpha value is -8.67. The van der Waals surface area contributed by atoms with Gasteiger partial charge < -0.3 is 8.98 Å². The first-order valence-corrected chi connectivity index (χ1v) is 21.6. The number of rotatable bonds is 6. The average molecular weight is 817 g/mol. The monoisotopic (exact) mass is 816 g/mol. The number of aromatic nitrogens is 4. The first kappa shape index (κ1) is 36.0. The standard InChI is InChI=1S/C59H36N4O/c1-4-15-38(16-5-1)51-36-52(62-59(61-51)41-31-34-54-49(35-41)44-21-11-13-26-53(44)63(54)42-19-8-3-9-20-42)39-29-27-37(28-30-39)43-23-14-24-45-46-32-33-48-55(58(46)64-57(43)45)47-22-10-12-25-50(47)60-56(48)40-17-6-2-7-18-40/h1-36H. The molecule has 0 saturated carbocycles. The van der Waals surface area contributed by atoms with Gasteiger partial charge in [-0.05, 0) is 60.2 Å². The van der Waals surface area contributed by atoms with Crippen molar-refractivity contribution in [1.29, 1.82) is 0 Å². The Morgan fingerprint density at radius 3 is 1.70 bits per heavy atom. The fourth-order valence-electron chi connectivity index (χ4n) is 9.60. The molecular weight excluding hydrogens is 781 g/mol. The Kier molecular flexibility index (Phi) is 8.15. The molecule has 13 rings (SSSR count). The van der Waals surface area contributed by atoms with Crippen LogP contribution in [0.15, 0.2) is 223 Å². The molecule has 298 valence electrons. The van der Waals surface area contributed by atoms with E-state index >= 15 is 0 Å². The number of furan rings is 1. The summed E-state index contributed by atoms with van der Waals surface area (Å²) in [5, 5.41) is 7.73. The molecule has 4 heterocycles. The second-order valence-electron chi connectivity index (χ2n) is 16.3. The molecule has 0 atom stereocenters. The molecule has 0 unspecified atom stereocenters. The molecule has 0 saturated heterocycles. The number of hydrogen-bond acceptors (Lipinski definition) is 4. The highest BCUT2D eigenvalue weighted by Crippen LogP contribution is 2.43. The van der Waals surface area contributed by atoms with Gasteiger partial charge >= 0.3 is 0 Å². The number of benzene rings is 9. The van der Waals surface area contributed by atoms with Gasteiger partial charge in [0.1, 0.15) is 11.2 Å². The normalized spacial score (nSPS) is 11.8. The summed E-state index contributed by atoms with van der Waals surface area (Å²) in [5.74, 6) is 0.677. The highest BCUT2D eigenvalue weighted by molar-refractivity contribution is 6.25. The third kappa shape index (κ3) is 5.75. The molecule has 0 spiro atoms. The summed E-state index contributed by atoms with van der Waals surface area (Å²) >= 11 is 0. The van der Waals surface area contributed by atoms with Crippen LogP contribution in [-0.4, -0.2) is 19.5 Å². The minimum atomic E-state index is 0.677. The van der Waals surface area contributed by atoms with Crippen molar-refractivity contribution >= 4 is 65.4 Å². The summed E-state index contributed by atoms with van der Waals surface area (Å²) < 4.78 is 9.36. The minimum absolute atomic E-state index is 0.677. The molecule has 13 aromatic rings. The highest BCUT2D eigenvalue weighted by atomic mass is 16.3. The molecule has 5 nitrogen and oxygen atoms in total. The lowest BCUT2D eigenvalue weighted by molar-refractivity contribution is 0.674. The maximum atomic E-state index is 7.03. The molecule has 64 heavy (non-hydrogen) atoms. The predicted molar refractivity (Wildman–Crippen MR) is 264 cm³/mol. The van der Waals surface area contributed by atoms with Crippen LogP contribution in [0.2, 0.25) is 0 Å². The van der Waals surface area contributed by atoms with Crippen LogP contribution in [0, 0.1) is 0 Å². The Morgan fingerprint density at radius 2 is 0.922 bits per heavy atom. The number of hydrogen-bond donors (Lipinski definition) is 0. The van der Waals surface area contributed by atoms with Crippen LogP contribution >= 0.6 is 0 Å². The number of fused-ring (bicyclic) bond motifs is 10. The van der Waals surface area contributed by atoms with Crippen molar-refractivity contribution in [2.45, 2.75) is 0 Å². The Morgan fingerprint density at radius 1 is 0.344 bits per heavy atom. The van der Waals surface area contributed by atoms with Gasteiger partial charge in [0.15, 0.2) is 5.82 Å². The van der Waals surface area contributed by atoms with Gasteiger partial charge in [0, 0.05) is 71.2 Å². The molecule has 9 aromatic carbocycles. The van der Waals surface area contributed by atoms with E-state index in [1.54, 1.807) is 0 Å². The lowest BCUT2D eigenvalue weighted by Crippen LogP contribution is -1.96. The third-order valence-electron chi connectivity index (χ3n) is 12.6. The summed E-state index contributed by atoms with van der Waals surface area (Å²) in [4.78, 5) is 15.6. The average Bonchev–Trinajstić information content (AvgIpc) is 3.93. The van der Waals surface area contributed by atoms with Crippen molar-refractivity contribution in [1.82, 2.24) is 19.5 Å². The Labute approximate surface area is 368 Å². The van der Waals surface area contributed by atoms with Gasteiger partial charge in [0.2, 0.25) is 0 Å². The maximum absolute atomic E-state index is 7.03. The minimum Gasteiger partial charge on any atom is -0.455 e.